The Morgan fingerprint density at radius 3 is 2.65 bits per heavy atom. The fourth-order valence-electron chi connectivity index (χ4n) is 3.92. The van der Waals surface area contributed by atoms with Crippen molar-refractivity contribution < 1.29 is 9.21 Å². The van der Waals surface area contributed by atoms with Crippen LogP contribution in [0.3, 0.4) is 0 Å². The number of furan rings is 1. The minimum Gasteiger partial charge on any atom is -0.467 e. The van der Waals surface area contributed by atoms with E-state index >= 15 is 0 Å². The van der Waals surface area contributed by atoms with Crippen molar-refractivity contribution in [3.05, 3.63) is 88.9 Å². The molecule has 0 aliphatic carbocycles. The summed E-state index contributed by atoms with van der Waals surface area (Å²) in [6.45, 7) is 6.08. The van der Waals surface area contributed by atoms with Crippen LogP contribution >= 0.6 is 11.8 Å². The zero-order valence-corrected chi connectivity index (χ0v) is 20.0. The number of benzene rings is 2. The Morgan fingerprint density at radius 1 is 1.09 bits per heavy atom. The molecule has 1 unspecified atom stereocenters. The number of tetrazole rings is 1. The van der Waals surface area contributed by atoms with Crippen LogP contribution in [0, 0.1) is 20.8 Å². The third kappa shape index (κ3) is 4.38. The van der Waals surface area contributed by atoms with E-state index in [1.807, 2.05) is 75.4 Å². The van der Waals surface area contributed by atoms with Crippen LogP contribution in [0.1, 0.15) is 40.5 Å². The van der Waals surface area contributed by atoms with Gasteiger partial charge in [0.2, 0.25) is 5.16 Å². The van der Waals surface area contributed by atoms with Crippen molar-refractivity contribution >= 4 is 23.4 Å². The van der Waals surface area contributed by atoms with Crippen molar-refractivity contribution in [3.8, 4) is 5.69 Å². The van der Waals surface area contributed by atoms with Gasteiger partial charge in [0.05, 0.1) is 23.4 Å². The molecule has 1 amide bonds. The first-order chi connectivity index (χ1) is 16.5. The first-order valence-corrected chi connectivity index (χ1v) is 12.0. The zero-order chi connectivity index (χ0) is 23.7. The molecular weight excluding hydrogens is 448 g/mol. The van der Waals surface area contributed by atoms with Crippen molar-refractivity contribution in [2.24, 2.45) is 5.10 Å². The summed E-state index contributed by atoms with van der Waals surface area (Å²) >= 11 is 1.29. The largest absolute Gasteiger partial charge is 0.467 e. The molecule has 1 aliphatic heterocycles. The van der Waals surface area contributed by atoms with Crippen LogP contribution in [0.15, 0.2) is 75.5 Å². The van der Waals surface area contributed by atoms with Gasteiger partial charge >= 0.3 is 0 Å². The number of aromatic nitrogens is 4. The molecule has 34 heavy (non-hydrogen) atoms. The fourth-order valence-corrected chi connectivity index (χ4v) is 4.66. The average molecular weight is 473 g/mol. The third-order valence-electron chi connectivity index (χ3n) is 5.78. The van der Waals surface area contributed by atoms with E-state index in [2.05, 4.69) is 15.5 Å². The summed E-state index contributed by atoms with van der Waals surface area (Å²) in [4.78, 5) is 13.3. The molecule has 0 bridgehead atoms. The van der Waals surface area contributed by atoms with E-state index in [0.717, 1.165) is 28.1 Å². The summed E-state index contributed by atoms with van der Waals surface area (Å²) in [5, 5.41) is 18.9. The van der Waals surface area contributed by atoms with Crippen molar-refractivity contribution in [1.29, 1.82) is 0 Å². The highest BCUT2D eigenvalue weighted by Gasteiger charge is 2.35. The van der Waals surface area contributed by atoms with Gasteiger partial charge in [-0.25, -0.2) is 5.01 Å². The molecule has 0 spiro atoms. The molecule has 0 saturated carbocycles. The second-order valence-corrected chi connectivity index (χ2v) is 9.28. The minimum atomic E-state index is -0.283. The molecule has 5 rings (SSSR count). The molecule has 2 aromatic carbocycles. The molecule has 8 nitrogen and oxygen atoms in total. The lowest BCUT2D eigenvalue weighted by Gasteiger charge is -2.19. The molecule has 0 fully saturated rings. The monoisotopic (exact) mass is 472 g/mol. The van der Waals surface area contributed by atoms with Crippen molar-refractivity contribution in [3.63, 3.8) is 0 Å². The van der Waals surface area contributed by atoms with Gasteiger partial charge in [0.25, 0.3) is 5.91 Å². The highest BCUT2D eigenvalue weighted by Crippen LogP contribution is 2.34. The number of hydrazone groups is 1. The van der Waals surface area contributed by atoms with Crippen LogP contribution in [-0.4, -0.2) is 42.6 Å². The smallest absolute Gasteiger partial charge is 0.253 e. The second-order valence-electron chi connectivity index (χ2n) is 8.34. The number of nitrogens with zero attached hydrogens (tertiary/aromatic N) is 6. The molecule has 3 heterocycles. The zero-order valence-electron chi connectivity index (χ0n) is 19.2. The highest BCUT2D eigenvalue weighted by atomic mass is 32.2. The van der Waals surface area contributed by atoms with Gasteiger partial charge in [0.1, 0.15) is 11.8 Å². The minimum absolute atomic E-state index is 0.135. The summed E-state index contributed by atoms with van der Waals surface area (Å²) in [6, 6.07) is 17.7. The van der Waals surface area contributed by atoms with Gasteiger partial charge in [-0.3, -0.25) is 4.79 Å². The maximum Gasteiger partial charge on any atom is 0.253 e. The van der Waals surface area contributed by atoms with E-state index in [-0.39, 0.29) is 17.7 Å². The Morgan fingerprint density at radius 2 is 1.88 bits per heavy atom. The maximum atomic E-state index is 13.3. The van der Waals surface area contributed by atoms with Gasteiger partial charge < -0.3 is 4.42 Å². The Balaban J connectivity index is 1.37. The van der Waals surface area contributed by atoms with E-state index in [1.54, 1.807) is 10.9 Å². The molecular formula is C25H24N6O2S. The van der Waals surface area contributed by atoms with Crippen LogP contribution in [-0.2, 0) is 4.79 Å². The van der Waals surface area contributed by atoms with Crippen LogP contribution in [0.2, 0.25) is 0 Å². The van der Waals surface area contributed by atoms with Gasteiger partial charge in [-0.2, -0.15) is 9.78 Å². The molecule has 9 heteroatoms. The van der Waals surface area contributed by atoms with Gasteiger partial charge in [0, 0.05) is 6.42 Å². The molecule has 1 aliphatic rings. The fraction of sp³-hybridized carbons (Fsp3) is 0.240. The average Bonchev–Trinajstić information content (AvgIpc) is 3.59. The van der Waals surface area contributed by atoms with Crippen molar-refractivity contribution in [1.82, 2.24) is 25.2 Å². The molecule has 2 aromatic heterocycles. The normalized spacial score (nSPS) is 15.6. The van der Waals surface area contributed by atoms with Crippen LogP contribution < -0.4 is 0 Å². The Hall–Kier alpha value is -3.72. The maximum absolute atomic E-state index is 13.3. The predicted molar refractivity (Wildman–Crippen MR) is 130 cm³/mol. The number of rotatable bonds is 6. The quantitative estimate of drug-likeness (QED) is 0.380. The summed E-state index contributed by atoms with van der Waals surface area (Å²) in [6.07, 6.45) is 2.21. The summed E-state index contributed by atoms with van der Waals surface area (Å²) < 4.78 is 7.32. The number of thioether (sulfide) groups is 1. The number of aryl methyl sites for hydroxylation is 3. The summed E-state index contributed by atoms with van der Waals surface area (Å²) in [5.41, 5.74) is 6.10. The van der Waals surface area contributed by atoms with E-state index in [0.29, 0.717) is 17.3 Å². The van der Waals surface area contributed by atoms with Gasteiger partial charge in [-0.05, 0) is 66.1 Å². The van der Waals surface area contributed by atoms with Crippen LogP contribution in [0.25, 0.3) is 5.69 Å². The third-order valence-corrected chi connectivity index (χ3v) is 6.68. The SMILES string of the molecule is Cc1ccc(C2=NN(C(=O)CSc3nnnn3-c3cc(C)ccc3C)C(c3ccco3)C2)cc1. The van der Waals surface area contributed by atoms with Gasteiger partial charge in [-0.15, -0.1) is 5.10 Å². The molecule has 0 radical (unpaired) electrons. The topological polar surface area (TPSA) is 89.4 Å². The Kier molecular flexibility index (Phi) is 6.02. The van der Waals surface area contributed by atoms with E-state index in [9.17, 15) is 4.79 Å². The number of hydrogen-bond donors (Lipinski definition) is 0. The van der Waals surface area contributed by atoms with Crippen LogP contribution in [0.5, 0.6) is 0 Å². The van der Waals surface area contributed by atoms with Gasteiger partial charge in [0.15, 0.2) is 0 Å². The van der Waals surface area contributed by atoms with Crippen LogP contribution in [0.4, 0.5) is 0 Å². The van der Waals surface area contributed by atoms with Crippen molar-refractivity contribution in [2.45, 2.75) is 38.4 Å². The van der Waals surface area contributed by atoms with E-state index < -0.39 is 0 Å². The predicted octanol–water partition coefficient (Wildman–Crippen LogP) is 4.65. The Bertz CT molecular complexity index is 1340. The molecule has 0 N–H and O–H groups in total. The lowest BCUT2D eigenvalue weighted by Crippen LogP contribution is -2.28. The highest BCUT2D eigenvalue weighted by molar-refractivity contribution is 7.99. The molecule has 1 atom stereocenters. The first kappa shape index (κ1) is 22.1. The molecule has 0 saturated heterocycles. The van der Waals surface area contributed by atoms with E-state index in [1.165, 1.54) is 22.3 Å². The Labute approximate surface area is 201 Å². The van der Waals surface area contributed by atoms with E-state index in [4.69, 9.17) is 9.52 Å². The first-order valence-electron chi connectivity index (χ1n) is 11.0. The summed E-state index contributed by atoms with van der Waals surface area (Å²) in [7, 11) is 0. The van der Waals surface area contributed by atoms with Gasteiger partial charge in [-0.1, -0.05) is 53.7 Å². The number of hydrogen-bond acceptors (Lipinski definition) is 7. The number of amides is 1. The lowest BCUT2D eigenvalue weighted by atomic mass is 10.0. The molecule has 172 valence electrons. The second kappa shape index (κ2) is 9.26. The van der Waals surface area contributed by atoms with Crippen molar-refractivity contribution in [2.75, 3.05) is 5.75 Å². The standard InChI is InChI=1S/C25H24N6O2S/c1-16-7-10-19(11-8-16)20-14-22(23-5-4-12-33-23)30(27-20)24(32)15-34-25-26-28-29-31(25)21-13-17(2)6-9-18(21)3/h4-13,22H,14-15H2,1-3H3. The lowest BCUT2D eigenvalue weighted by molar-refractivity contribution is -0.130. The molecule has 4 aromatic rings. The number of carbonyl (C=O) groups is 1. The number of carbonyl (C=O) groups excluding carboxylic acids is 1. The summed E-state index contributed by atoms with van der Waals surface area (Å²) in [5.74, 6) is 0.723.